The molecule has 3 rings (SSSR count). The van der Waals surface area contributed by atoms with Crippen LogP contribution in [0, 0.1) is 0 Å². The number of nitrogens with zero attached hydrogens (tertiary/aromatic N) is 2. The van der Waals surface area contributed by atoms with E-state index in [0.29, 0.717) is 16.6 Å². The van der Waals surface area contributed by atoms with E-state index in [0.717, 1.165) is 22.6 Å². The van der Waals surface area contributed by atoms with Crippen LogP contribution in [0.2, 0.25) is 4.34 Å². The molecule has 1 N–H and O–H groups in total. The zero-order valence-corrected chi connectivity index (χ0v) is 14.0. The lowest BCUT2D eigenvalue weighted by atomic mass is 10.1. The summed E-state index contributed by atoms with van der Waals surface area (Å²) in [5.41, 5.74) is 1.66. The van der Waals surface area contributed by atoms with Gasteiger partial charge in [0.05, 0.1) is 35.0 Å². The second-order valence-corrected chi connectivity index (χ2v) is 6.82. The Balaban J connectivity index is 1.71. The third-order valence-electron chi connectivity index (χ3n) is 3.55. The summed E-state index contributed by atoms with van der Waals surface area (Å²) in [4.78, 5) is 13.4. The Kier molecular flexibility index (Phi) is 4.54. The number of carbonyl (C=O) groups is 1. The highest BCUT2D eigenvalue weighted by atomic mass is 35.5. The van der Waals surface area contributed by atoms with Crippen LogP contribution in [0.15, 0.2) is 35.4 Å². The SMILES string of the molecule is COc1cc(CC(=O)N2CCC(c3ccc(Cl)s3)=N2)ccc1O. The van der Waals surface area contributed by atoms with Crippen LogP contribution in [0.25, 0.3) is 0 Å². The Bertz CT molecular complexity index is 772. The number of phenols is 1. The predicted octanol–water partition coefficient (Wildman–Crippen LogP) is 3.29. The smallest absolute Gasteiger partial charge is 0.247 e. The fraction of sp³-hybridized carbons (Fsp3) is 0.250. The number of methoxy groups -OCH3 is 1. The minimum Gasteiger partial charge on any atom is -0.504 e. The number of thiophene rings is 1. The average Bonchev–Trinajstić information content (AvgIpc) is 3.18. The molecule has 0 atom stereocenters. The molecule has 0 fully saturated rings. The monoisotopic (exact) mass is 350 g/mol. The van der Waals surface area contributed by atoms with Crippen LogP contribution in [-0.2, 0) is 11.2 Å². The molecule has 0 unspecified atom stereocenters. The maximum absolute atomic E-state index is 12.4. The standard InChI is InChI=1S/C16H15ClN2O3S/c1-22-13-8-10(2-3-12(13)20)9-16(21)19-7-6-11(18-19)14-4-5-15(17)23-14/h2-5,8,20H,6-7,9H2,1H3. The number of carbonyl (C=O) groups excluding carboxylic acids is 1. The molecule has 0 aliphatic carbocycles. The van der Waals surface area contributed by atoms with Gasteiger partial charge in [0.1, 0.15) is 0 Å². The number of halogens is 1. The summed E-state index contributed by atoms with van der Waals surface area (Å²) >= 11 is 7.40. The minimum atomic E-state index is -0.0876. The van der Waals surface area contributed by atoms with Gasteiger partial charge in [-0.05, 0) is 29.8 Å². The number of benzene rings is 1. The maximum atomic E-state index is 12.4. The molecule has 7 heteroatoms. The van der Waals surface area contributed by atoms with Crippen molar-refractivity contribution in [2.45, 2.75) is 12.8 Å². The Labute approximate surface area is 142 Å². The average molecular weight is 351 g/mol. The van der Waals surface area contributed by atoms with Crippen molar-refractivity contribution >= 4 is 34.6 Å². The zero-order chi connectivity index (χ0) is 16.4. The summed E-state index contributed by atoms with van der Waals surface area (Å²) in [6, 6.07) is 8.64. The fourth-order valence-corrected chi connectivity index (χ4v) is 3.43. The first-order valence-corrected chi connectivity index (χ1v) is 8.25. The number of rotatable bonds is 4. The van der Waals surface area contributed by atoms with Crippen molar-refractivity contribution in [3.63, 3.8) is 0 Å². The third-order valence-corrected chi connectivity index (χ3v) is 4.83. The van der Waals surface area contributed by atoms with Crippen LogP contribution < -0.4 is 4.74 Å². The molecular formula is C16H15ClN2O3S. The molecule has 0 spiro atoms. The van der Waals surface area contributed by atoms with Crippen molar-refractivity contribution in [1.82, 2.24) is 5.01 Å². The number of phenolic OH excluding ortho intramolecular Hbond substituents is 1. The number of aromatic hydroxyl groups is 1. The molecule has 1 aliphatic heterocycles. The van der Waals surface area contributed by atoms with Crippen LogP contribution in [0.5, 0.6) is 11.5 Å². The van der Waals surface area contributed by atoms with E-state index in [1.807, 2.05) is 12.1 Å². The molecular weight excluding hydrogens is 336 g/mol. The molecule has 0 saturated heterocycles. The summed E-state index contributed by atoms with van der Waals surface area (Å²) in [5, 5.41) is 15.5. The van der Waals surface area contributed by atoms with E-state index < -0.39 is 0 Å². The van der Waals surface area contributed by atoms with Crippen molar-refractivity contribution in [1.29, 1.82) is 0 Å². The topological polar surface area (TPSA) is 62.1 Å². The fourth-order valence-electron chi connectivity index (χ4n) is 2.38. The van der Waals surface area contributed by atoms with Crippen molar-refractivity contribution in [2.24, 2.45) is 5.10 Å². The minimum absolute atomic E-state index is 0.0553. The summed E-state index contributed by atoms with van der Waals surface area (Å²) in [5.74, 6) is 0.323. The van der Waals surface area contributed by atoms with Gasteiger partial charge in [-0.3, -0.25) is 4.79 Å². The Morgan fingerprint density at radius 1 is 1.43 bits per heavy atom. The molecule has 2 aromatic rings. The van der Waals surface area contributed by atoms with Crippen LogP contribution in [0.4, 0.5) is 0 Å². The van der Waals surface area contributed by atoms with E-state index in [9.17, 15) is 9.90 Å². The van der Waals surface area contributed by atoms with Crippen molar-refractivity contribution < 1.29 is 14.6 Å². The van der Waals surface area contributed by atoms with Gasteiger partial charge in [-0.1, -0.05) is 17.7 Å². The summed E-state index contributed by atoms with van der Waals surface area (Å²) in [6.45, 7) is 0.568. The van der Waals surface area contributed by atoms with Gasteiger partial charge in [0, 0.05) is 6.42 Å². The van der Waals surface area contributed by atoms with E-state index in [-0.39, 0.29) is 18.1 Å². The first kappa shape index (κ1) is 15.8. The van der Waals surface area contributed by atoms with Crippen LogP contribution in [0.3, 0.4) is 0 Å². The second kappa shape index (κ2) is 6.60. The lowest BCUT2D eigenvalue weighted by molar-refractivity contribution is -0.130. The third kappa shape index (κ3) is 3.48. The van der Waals surface area contributed by atoms with Gasteiger partial charge in [0.25, 0.3) is 0 Å². The van der Waals surface area contributed by atoms with Gasteiger partial charge >= 0.3 is 0 Å². The molecule has 1 aromatic heterocycles. The van der Waals surface area contributed by atoms with Crippen LogP contribution in [0.1, 0.15) is 16.9 Å². The van der Waals surface area contributed by atoms with E-state index in [4.69, 9.17) is 16.3 Å². The number of hydrazone groups is 1. The Morgan fingerprint density at radius 3 is 2.96 bits per heavy atom. The van der Waals surface area contributed by atoms with E-state index >= 15 is 0 Å². The van der Waals surface area contributed by atoms with Gasteiger partial charge in [-0.25, -0.2) is 5.01 Å². The molecule has 2 heterocycles. The van der Waals surface area contributed by atoms with Crippen molar-refractivity contribution in [2.75, 3.05) is 13.7 Å². The lowest BCUT2D eigenvalue weighted by Crippen LogP contribution is -2.25. The van der Waals surface area contributed by atoms with E-state index in [1.54, 1.807) is 12.1 Å². The Hall–Kier alpha value is -2.05. The van der Waals surface area contributed by atoms with Crippen molar-refractivity contribution in [3.8, 4) is 11.5 Å². The van der Waals surface area contributed by atoms with E-state index in [1.165, 1.54) is 29.5 Å². The van der Waals surface area contributed by atoms with Gasteiger partial charge in [0.15, 0.2) is 11.5 Å². The second-order valence-electron chi connectivity index (χ2n) is 5.10. The quantitative estimate of drug-likeness (QED) is 0.920. The van der Waals surface area contributed by atoms with Crippen LogP contribution in [-0.4, -0.2) is 35.4 Å². The summed E-state index contributed by atoms with van der Waals surface area (Å²) in [7, 11) is 1.48. The number of hydrogen-bond donors (Lipinski definition) is 1. The molecule has 0 saturated carbocycles. The molecule has 1 amide bonds. The van der Waals surface area contributed by atoms with Gasteiger partial charge < -0.3 is 9.84 Å². The molecule has 1 aromatic carbocycles. The number of amides is 1. The van der Waals surface area contributed by atoms with Gasteiger partial charge in [0.2, 0.25) is 5.91 Å². The van der Waals surface area contributed by atoms with E-state index in [2.05, 4.69) is 5.10 Å². The van der Waals surface area contributed by atoms with Gasteiger partial charge in [-0.2, -0.15) is 5.10 Å². The highest BCUT2D eigenvalue weighted by molar-refractivity contribution is 7.18. The maximum Gasteiger partial charge on any atom is 0.247 e. The highest BCUT2D eigenvalue weighted by Crippen LogP contribution is 2.28. The molecule has 23 heavy (non-hydrogen) atoms. The molecule has 1 aliphatic rings. The first-order valence-electron chi connectivity index (χ1n) is 7.06. The summed E-state index contributed by atoms with van der Waals surface area (Å²) < 4.78 is 5.77. The Morgan fingerprint density at radius 2 is 2.26 bits per heavy atom. The molecule has 120 valence electrons. The van der Waals surface area contributed by atoms with Crippen molar-refractivity contribution in [3.05, 3.63) is 45.1 Å². The normalized spacial score (nSPS) is 14.0. The summed E-state index contributed by atoms with van der Waals surface area (Å²) in [6.07, 6.45) is 0.931. The largest absolute Gasteiger partial charge is 0.504 e. The predicted molar refractivity (Wildman–Crippen MR) is 90.6 cm³/mol. The molecule has 5 nitrogen and oxygen atoms in total. The zero-order valence-electron chi connectivity index (χ0n) is 12.5. The highest BCUT2D eigenvalue weighted by Gasteiger charge is 2.22. The van der Waals surface area contributed by atoms with Gasteiger partial charge in [-0.15, -0.1) is 11.3 Å². The molecule has 0 radical (unpaired) electrons. The first-order chi connectivity index (χ1) is 11.1. The van der Waals surface area contributed by atoms with Crippen LogP contribution >= 0.6 is 22.9 Å². The number of hydrogen-bond acceptors (Lipinski definition) is 5. The molecule has 0 bridgehead atoms. The lowest BCUT2D eigenvalue weighted by Gasteiger charge is -2.12. The number of ether oxygens (including phenoxy) is 1.